The van der Waals surface area contributed by atoms with Crippen LogP contribution < -0.4 is 4.90 Å². The Labute approximate surface area is 196 Å². The Bertz CT molecular complexity index is 1380. The maximum absolute atomic E-state index is 3.36. The molecule has 1 heteroatoms. The van der Waals surface area contributed by atoms with Crippen LogP contribution >= 0.6 is 0 Å². The van der Waals surface area contributed by atoms with Crippen molar-refractivity contribution in [2.75, 3.05) is 4.90 Å². The summed E-state index contributed by atoms with van der Waals surface area (Å²) in [5.41, 5.74) is 7.73. The van der Waals surface area contributed by atoms with Gasteiger partial charge < -0.3 is 4.90 Å². The van der Waals surface area contributed by atoms with E-state index in [2.05, 4.69) is 126 Å². The van der Waals surface area contributed by atoms with Crippen LogP contribution in [0.4, 0.5) is 11.4 Å². The van der Waals surface area contributed by atoms with Crippen LogP contribution in [0.2, 0.25) is 0 Å². The largest absolute Gasteiger partial charge is 0.313 e. The van der Waals surface area contributed by atoms with Crippen molar-refractivity contribution in [3.05, 3.63) is 132 Å². The van der Waals surface area contributed by atoms with Gasteiger partial charge in [0.1, 0.15) is 0 Å². The topological polar surface area (TPSA) is 3.24 Å². The summed E-state index contributed by atoms with van der Waals surface area (Å²) in [6.45, 7) is 0. The molecule has 0 aromatic heterocycles. The van der Waals surface area contributed by atoms with E-state index in [9.17, 15) is 0 Å². The van der Waals surface area contributed by atoms with Crippen molar-refractivity contribution in [1.82, 2.24) is 0 Å². The number of para-hydroxylation sites is 1. The summed E-state index contributed by atoms with van der Waals surface area (Å²) in [5, 5.41) is 0. The summed E-state index contributed by atoms with van der Waals surface area (Å²) in [5.74, 6) is 13.1. The molecule has 0 spiro atoms. The molecule has 33 heavy (non-hydrogen) atoms. The molecule has 3 aromatic rings. The zero-order valence-electron chi connectivity index (χ0n) is 18.3. The summed E-state index contributed by atoms with van der Waals surface area (Å²) in [7, 11) is 0. The molecule has 0 N–H and O–H groups in total. The Balaban J connectivity index is 1.53. The minimum absolute atomic E-state index is 0.659. The lowest BCUT2D eigenvalue weighted by molar-refractivity contribution is 1.10. The van der Waals surface area contributed by atoms with Crippen molar-refractivity contribution in [3.8, 4) is 34.8 Å². The van der Waals surface area contributed by atoms with Crippen LogP contribution in [0.5, 0.6) is 0 Å². The van der Waals surface area contributed by atoms with Crippen LogP contribution in [-0.2, 0) is 0 Å². The molecule has 2 aliphatic carbocycles. The molecule has 0 amide bonds. The average Bonchev–Trinajstić information content (AvgIpc) is 3.30. The zero-order valence-corrected chi connectivity index (χ0v) is 18.3. The average molecular weight is 422 g/mol. The second kappa shape index (κ2) is 9.78. The monoisotopic (exact) mass is 421 g/mol. The molecule has 0 saturated heterocycles. The van der Waals surface area contributed by atoms with Gasteiger partial charge in [0.2, 0.25) is 0 Å². The van der Waals surface area contributed by atoms with E-state index in [-0.39, 0.29) is 0 Å². The number of hydrogen-bond donors (Lipinski definition) is 0. The van der Waals surface area contributed by atoms with Crippen LogP contribution in [0, 0.1) is 23.7 Å². The SMILES string of the molecule is C1#CC(C2=CC=C(N(c3ccccc3)c3ccc(-c4ccccc4)cc3)CC#C2)=CC=CC1. The Kier molecular flexibility index (Phi) is 6.06. The van der Waals surface area contributed by atoms with E-state index in [1.807, 2.05) is 18.2 Å². The van der Waals surface area contributed by atoms with Gasteiger partial charge >= 0.3 is 0 Å². The molecule has 2 aliphatic rings. The van der Waals surface area contributed by atoms with Crippen LogP contribution in [0.25, 0.3) is 11.1 Å². The lowest BCUT2D eigenvalue weighted by Crippen LogP contribution is -2.16. The van der Waals surface area contributed by atoms with E-state index in [0.29, 0.717) is 6.42 Å². The summed E-state index contributed by atoms with van der Waals surface area (Å²) < 4.78 is 0. The van der Waals surface area contributed by atoms with Crippen LogP contribution in [0.1, 0.15) is 12.8 Å². The minimum atomic E-state index is 0.659. The van der Waals surface area contributed by atoms with E-state index in [1.165, 1.54) is 11.1 Å². The number of rotatable bonds is 5. The fraction of sp³-hybridized carbons (Fsp3) is 0.0625. The highest BCUT2D eigenvalue weighted by molar-refractivity contribution is 5.73. The third-order valence-corrected chi connectivity index (χ3v) is 5.60. The van der Waals surface area contributed by atoms with Gasteiger partial charge in [-0.15, -0.1) is 0 Å². The standard InChI is InChI=1S/C32H23N/c1-2-6-13-26(12-5-1)28-16-11-19-31(23-20-28)33(30-17-9-4-10-18-30)32-24-21-29(22-25-32)27-14-7-3-8-15-27/h1,3-5,7-10,12,14-15,17-18,20-25H,2,19H2. The molecule has 0 heterocycles. The zero-order chi connectivity index (χ0) is 22.3. The van der Waals surface area contributed by atoms with E-state index in [4.69, 9.17) is 0 Å². The first kappa shape index (κ1) is 20.4. The number of anilines is 2. The summed E-state index contributed by atoms with van der Waals surface area (Å²) in [4.78, 5) is 2.29. The predicted molar refractivity (Wildman–Crippen MR) is 139 cm³/mol. The normalized spacial score (nSPS) is 14.2. The van der Waals surface area contributed by atoms with Crippen molar-refractivity contribution in [2.24, 2.45) is 0 Å². The second-order valence-electron chi connectivity index (χ2n) is 7.82. The maximum atomic E-state index is 3.36. The lowest BCUT2D eigenvalue weighted by Gasteiger charge is -2.27. The fourth-order valence-corrected chi connectivity index (χ4v) is 3.95. The Hall–Kier alpha value is -4.46. The molecule has 0 saturated carbocycles. The number of hydrogen-bond acceptors (Lipinski definition) is 1. The molecular weight excluding hydrogens is 398 g/mol. The summed E-state index contributed by atoms with van der Waals surface area (Å²) in [6.07, 6.45) is 11.9. The molecular formula is C32H23N. The second-order valence-corrected chi connectivity index (χ2v) is 7.82. The van der Waals surface area contributed by atoms with E-state index >= 15 is 0 Å². The molecule has 0 atom stereocenters. The molecule has 0 radical (unpaired) electrons. The van der Waals surface area contributed by atoms with E-state index in [1.54, 1.807) is 0 Å². The number of benzene rings is 3. The van der Waals surface area contributed by atoms with Crippen LogP contribution in [0.15, 0.2) is 132 Å². The first-order valence-electron chi connectivity index (χ1n) is 11.1. The number of nitrogens with zero attached hydrogens (tertiary/aromatic N) is 1. The van der Waals surface area contributed by atoms with Gasteiger partial charge in [0.25, 0.3) is 0 Å². The first-order chi connectivity index (χ1) is 16.4. The predicted octanol–water partition coefficient (Wildman–Crippen LogP) is 7.60. The number of allylic oxidation sites excluding steroid dienone is 8. The third kappa shape index (κ3) is 4.74. The van der Waals surface area contributed by atoms with Gasteiger partial charge in [-0.2, -0.15) is 0 Å². The van der Waals surface area contributed by atoms with Gasteiger partial charge in [-0.05, 0) is 53.6 Å². The quantitative estimate of drug-likeness (QED) is 0.383. The molecule has 156 valence electrons. The van der Waals surface area contributed by atoms with Crippen molar-refractivity contribution in [2.45, 2.75) is 12.8 Å². The first-order valence-corrected chi connectivity index (χ1v) is 11.1. The molecule has 0 aliphatic heterocycles. The van der Waals surface area contributed by atoms with Crippen LogP contribution in [-0.4, -0.2) is 0 Å². The van der Waals surface area contributed by atoms with Crippen molar-refractivity contribution in [3.63, 3.8) is 0 Å². The molecule has 5 rings (SSSR count). The highest BCUT2D eigenvalue weighted by Crippen LogP contribution is 2.33. The summed E-state index contributed by atoms with van der Waals surface area (Å²) in [6, 6.07) is 29.7. The fourth-order valence-electron chi connectivity index (χ4n) is 3.95. The van der Waals surface area contributed by atoms with Crippen LogP contribution in [0.3, 0.4) is 0 Å². The van der Waals surface area contributed by atoms with E-state index < -0.39 is 0 Å². The van der Waals surface area contributed by atoms with Gasteiger partial charge in [-0.3, -0.25) is 0 Å². The van der Waals surface area contributed by atoms with Crippen molar-refractivity contribution < 1.29 is 0 Å². The van der Waals surface area contributed by atoms with Gasteiger partial charge in [0.15, 0.2) is 0 Å². The Morgan fingerprint density at radius 1 is 0.576 bits per heavy atom. The van der Waals surface area contributed by atoms with Gasteiger partial charge in [0, 0.05) is 34.6 Å². The van der Waals surface area contributed by atoms with Gasteiger partial charge in [-0.25, -0.2) is 0 Å². The van der Waals surface area contributed by atoms with E-state index in [0.717, 1.165) is 34.6 Å². The lowest BCUT2D eigenvalue weighted by atomic mass is 10.0. The third-order valence-electron chi connectivity index (χ3n) is 5.60. The molecule has 3 aromatic carbocycles. The summed E-state index contributed by atoms with van der Waals surface area (Å²) >= 11 is 0. The Morgan fingerprint density at radius 2 is 1.21 bits per heavy atom. The molecule has 0 bridgehead atoms. The smallest absolute Gasteiger partial charge is 0.0501 e. The molecule has 0 fully saturated rings. The molecule has 1 nitrogen and oxygen atoms in total. The van der Waals surface area contributed by atoms with Gasteiger partial charge in [0.05, 0.1) is 6.42 Å². The van der Waals surface area contributed by atoms with Crippen molar-refractivity contribution in [1.29, 1.82) is 0 Å². The minimum Gasteiger partial charge on any atom is -0.313 e. The van der Waals surface area contributed by atoms with Gasteiger partial charge in [-0.1, -0.05) is 96.5 Å². The highest BCUT2D eigenvalue weighted by atomic mass is 15.1. The maximum Gasteiger partial charge on any atom is 0.0501 e. The molecule has 0 unspecified atom stereocenters. The van der Waals surface area contributed by atoms with Crippen molar-refractivity contribution >= 4 is 11.4 Å². The highest BCUT2D eigenvalue weighted by Gasteiger charge is 2.15. The Morgan fingerprint density at radius 3 is 2.00 bits per heavy atom.